The second kappa shape index (κ2) is 7.72. The molecule has 1 saturated heterocycles. The van der Waals surface area contributed by atoms with Gasteiger partial charge in [-0.2, -0.15) is 0 Å². The lowest BCUT2D eigenvalue weighted by Crippen LogP contribution is -2.30. The molecule has 1 heterocycles. The average Bonchev–Trinajstić information content (AvgIpc) is 2.98. The van der Waals surface area contributed by atoms with Crippen molar-refractivity contribution in [1.82, 2.24) is 5.32 Å². The van der Waals surface area contributed by atoms with Gasteiger partial charge in [0.15, 0.2) is 0 Å². The van der Waals surface area contributed by atoms with E-state index in [0.717, 1.165) is 25.2 Å². The van der Waals surface area contributed by atoms with Gasteiger partial charge in [0.05, 0.1) is 12.7 Å². The largest absolute Gasteiger partial charge is 0.491 e. The number of nitrogens with one attached hydrogen (secondary N) is 2. The molecule has 0 aliphatic carbocycles. The fourth-order valence-electron chi connectivity index (χ4n) is 1.94. The lowest BCUT2D eigenvalue weighted by Gasteiger charge is -2.12. The molecule has 1 aliphatic rings. The molecule has 110 valence electrons. The molecule has 1 aromatic carbocycles. The molecule has 0 bridgehead atoms. The number of amides is 2. The zero-order valence-electron chi connectivity index (χ0n) is 11.3. The maximum Gasteiger partial charge on any atom is 0.319 e. The summed E-state index contributed by atoms with van der Waals surface area (Å²) in [5.74, 6) is 0.752. The van der Waals surface area contributed by atoms with E-state index >= 15 is 0 Å². The maximum atomic E-state index is 11.4. The molecule has 0 saturated carbocycles. The zero-order chi connectivity index (χ0) is 14.2. The van der Waals surface area contributed by atoms with E-state index in [1.165, 1.54) is 0 Å². The number of benzene rings is 1. The normalized spacial score (nSPS) is 17.8. The number of anilines is 1. The van der Waals surface area contributed by atoms with Gasteiger partial charge in [-0.05, 0) is 37.1 Å². The number of carbonyl (C=O) groups is 1. The Bertz CT molecular complexity index is 416. The molecule has 6 heteroatoms. The highest BCUT2D eigenvalue weighted by atomic mass is 16.5. The number of urea groups is 1. The molecule has 1 aliphatic heterocycles. The minimum atomic E-state index is -0.341. The van der Waals surface area contributed by atoms with Crippen LogP contribution in [0.4, 0.5) is 10.5 Å². The van der Waals surface area contributed by atoms with Gasteiger partial charge in [0.1, 0.15) is 12.4 Å². The van der Waals surface area contributed by atoms with Gasteiger partial charge in [-0.15, -0.1) is 0 Å². The zero-order valence-corrected chi connectivity index (χ0v) is 11.3. The predicted octanol–water partition coefficient (Wildman–Crippen LogP) is 1.36. The third kappa shape index (κ3) is 4.71. The van der Waals surface area contributed by atoms with Gasteiger partial charge >= 0.3 is 6.03 Å². The number of ether oxygens (including phenoxy) is 2. The summed E-state index contributed by atoms with van der Waals surface area (Å²) in [6, 6.07) is 6.80. The van der Waals surface area contributed by atoms with E-state index in [2.05, 4.69) is 10.6 Å². The quantitative estimate of drug-likeness (QED) is 0.735. The molecule has 0 radical (unpaired) electrons. The SMILES string of the molecule is O=C(NCCO)Nc1ccc(OC[C@H]2CCCO2)cc1. The van der Waals surface area contributed by atoms with Crippen LogP contribution >= 0.6 is 0 Å². The molecule has 6 nitrogen and oxygen atoms in total. The number of carbonyl (C=O) groups excluding carboxylic acids is 1. The Hall–Kier alpha value is -1.79. The smallest absolute Gasteiger partial charge is 0.319 e. The van der Waals surface area contributed by atoms with Gasteiger partial charge in [0.2, 0.25) is 0 Å². The van der Waals surface area contributed by atoms with Crippen molar-refractivity contribution in [2.75, 3.05) is 31.7 Å². The van der Waals surface area contributed by atoms with Crippen LogP contribution in [-0.2, 0) is 4.74 Å². The van der Waals surface area contributed by atoms with E-state index in [1.807, 2.05) is 0 Å². The van der Waals surface area contributed by atoms with Crippen molar-refractivity contribution >= 4 is 11.7 Å². The highest BCUT2D eigenvalue weighted by Gasteiger charge is 2.15. The molecular formula is C14H20N2O4. The van der Waals surface area contributed by atoms with Crippen molar-refractivity contribution in [3.05, 3.63) is 24.3 Å². The van der Waals surface area contributed by atoms with Crippen LogP contribution in [-0.4, -0.2) is 43.6 Å². The molecule has 2 rings (SSSR count). The van der Waals surface area contributed by atoms with Gasteiger partial charge in [-0.3, -0.25) is 0 Å². The minimum Gasteiger partial charge on any atom is -0.491 e. The van der Waals surface area contributed by atoms with Crippen LogP contribution in [0.15, 0.2) is 24.3 Å². The van der Waals surface area contributed by atoms with E-state index in [1.54, 1.807) is 24.3 Å². The molecule has 1 aromatic rings. The van der Waals surface area contributed by atoms with Gasteiger partial charge in [-0.1, -0.05) is 0 Å². The van der Waals surface area contributed by atoms with Crippen LogP contribution in [0.2, 0.25) is 0 Å². The summed E-state index contributed by atoms with van der Waals surface area (Å²) in [5, 5.41) is 13.8. The van der Waals surface area contributed by atoms with Crippen molar-refractivity contribution in [1.29, 1.82) is 0 Å². The Morgan fingerprint density at radius 2 is 2.20 bits per heavy atom. The first kappa shape index (κ1) is 14.6. The molecule has 0 unspecified atom stereocenters. The van der Waals surface area contributed by atoms with E-state index in [-0.39, 0.29) is 25.3 Å². The average molecular weight is 280 g/mol. The van der Waals surface area contributed by atoms with Crippen molar-refractivity contribution in [2.24, 2.45) is 0 Å². The van der Waals surface area contributed by atoms with Gasteiger partial charge < -0.3 is 25.2 Å². The minimum absolute atomic E-state index is 0.0799. The summed E-state index contributed by atoms with van der Waals surface area (Å²) >= 11 is 0. The van der Waals surface area contributed by atoms with E-state index in [4.69, 9.17) is 14.6 Å². The first-order chi connectivity index (χ1) is 9.78. The fraction of sp³-hybridized carbons (Fsp3) is 0.500. The van der Waals surface area contributed by atoms with Gasteiger partial charge in [0, 0.05) is 18.8 Å². The number of aliphatic hydroxyl groups excluding tert-OH is 1. The van der Waals surface area contributed by atoms with Crippen molar-refractivity contribution in [2.45, 2.75) is 18.9 Å². The first-order valence-corrected chi connectivity index (χ1v) is 6.78. The molecule has 0 spiro atoms. The van der Waals surface area contributed by atoms with Crippen LogP contribution in [0.3, 0.4) is 0 Å². The Morgan fingerprint density at radius 3 is 2.85 bits per heavy atom. The fourth-order valence-corrected chi connectivity index (χ4v) is 1.94. The summed E-state index contributed by atoms with van der Waals surface area (Å²) in [5.41, 5.74) is 0.671. The Morgan fingerprint density at radius 1 is 1.40 bits per heavy atom. The van der Waals surface area contributed by atoms with Crippen molar-refractivity contribution in [3.8, 4) is 5.75 Å². The van der Waals surface area contributed by atoms with Crippen LogP contribution in [0.5, 0.6) is 5.75 Å². The Kier molecular flexibility index (Phi) is 5.64. The highest BCUT2D eigenvalue weighted by molar-refractivity contribution is 5.89. The highest BCUT2D eigenvalue weighted by Crippen LogP contribution is 2.18. The molecular weight excluding hydrogens is 260 g/mol. The molecule has 1 fully saturated rings. The van der Waals surface area contributed by atoms with E-state index in [9.17, 15) is 4.79 Å². The summed E-state index contributed by atoms with van der Waals surface area (Å²) in [7, 11) is 0. The molecule has 0 aromatic heterocycles. The van der Waals surface area contributed by atoms with Gasteiger partial charge in [-0.25, -0.2) is 4.79 Å². The van der Waals surface area contributed by atoms with Crippen LogP contribution in [0.1, 0.15) is 12.8 Å². The third-order valence-electron chi connectivity index (χ3n) is 2.97. The van der Waals surface area contributed by atoms with E-state index < -0.39 is 0 Å². The number of rotatable bonds is 6. The van der Waals surface area contributed by atoms with Gasteiger partial charge in [0.25, 0.3) is 0 Å². The van der Waals surface area contributed by atoms with E-state index in [0.29, 0.717) is 12.3 Å². The maximum absolute atomic E-state index is 11.4. The standard InChI is InChI=1S/C14H20N2O4/c17-8-7-15-14(18)16-11-3-5-12(6-4-11)20-10-13-2-1-9-19-13/h3-6,13,17H,1-2,7-10H2,(H2,15,16,18)/t13-/m1/s1. The number of hydrogen-bond donors (Lipinski definition) is 3. The lowest BCUT2D eigenvalue weighted by molar-refractivity contribution is 0.0679. The lowest BCUT2D eigenvalue weighted by atomic mass is 10.2. The second-order valence-corrected chi connectivity index (χ2v) is 4.57. The van der Waals surface area contributed by atoms with Crippen molar-refractivity contribution in [3.63, 3.8) is 0 Å². The van der Waals surface area contributed by atoms with Crippen LogP contribution in [0.25, 0.3) is 0 Å². The first-order valence-electron chi connectivity index (χ1n) is 6.78. The summed E-state index contributed by atoms with van der Waals surface area (Å²) in [6.45, 7) is 1.53. The monoisotopic (exact) mass is 280 g/mol. The summed E-state index contributed by atoms with van der Waals surface area (Å²) in [6.07, 6.45) is 2.34. The molecule has 2 amide bonds. The Labute approximate surface area is 118 Å². The number of aliphatic hydroxyl groups is 1. The summed E-state index contributed by atoms with van der Waals surface area (Å²) in [4.78, 5) is 11.4. The summed E-state index contributed by atoms with van der Waals surface area (Å²) < 4.78 is 11.1. The van der Waals surface area contributed by atoms with Crippen molar-refractivity contribution < 1.29 is 19.4 Å². The molecule has 1 atom stereocenters. The molecule has 3 N–H and O–H groups in total. The topological polar surface area (TPSA) is 79.8 Å². The third-order valence-corrected chi connectivity index (χ3v) is 2.97. The molecule has 20 heavy (non-hydrogen) atoms. The second-order valence-electron chi connectivity index (χ2n) is 4.57. The number of hydrogen-bond acceptors (Lipinski definition) is 4. The van der Waals surface area contributed by atoms with Crippen LogP contribution < -0.4 is 15.4 Å². The Balaban J connectivity index is 1.75. The predicted molar refractivity (Wildman–Crippen MR) is 75.0 cm³/mol. The van der Waals surface area contributed by atoms with Crippen LogP contribution in [0, 0.1) is 0 Å².